The third-order valence-corrected chi connectivity index (χ3v) is 9.88. The van der Waals surface area contributed by atoms with E-state index in [0.717, 1.165) is 49.9 Å². The van der Waals surface area contributed by atoms with E-state index in [4.69, 9.17) is 0 Å². The summed E-state index contributed by atoms with van der Waals surface area (Å²) in [6.45, 7) is 10.4. The topological polar surface area (TPSA) is 89.8 Å². The van der Waals surface area contributed by atoms with Crippen LogP contribution in [0.4, 0.5) is 0 Å². The highest BCUT2D eigenvalue weighted by atomic mass is 16.2. The third-order valence-electron chi connectivity index (χ3n) is 9.88. The molecule has 0 saturated carbocycles. The summed E-state index contributed by atoms with van der Waals surface area (Å²) in [6.07, 6.45) is 29.6. The molecular weight excluding hydrogens is 580 g/mol. The van der Waals surface area contributed by atoms with Crippen LogP contribution in [0.2, 0.25) is 0 Å². The lowest BCUT2D eigenvalue weighted by Crippen LogP contribution is -2.30. The summed E-state index contributed by atoms with van der Waals surface area (Å²) in [4.78, 5) is 33.1. The first-order valence-electron chi connectivity index (χ1n) is 20.0. The van der Waals surface area contributed by atoms with E-state index in [2.05, 4.69) is 60.4 Å². The van der Waals surface area contributed by atoms with Crippen molar-refractivity contribution in [1.82, 2.24) is 20.6 Å². The van der Waals surface area contributed by atoms with Crippen LogP contribution in [-0.2, 0) is 5.41 Å². The van der Waals surface area contributed by atoms with E-state index in [0.29, 0.717) is 24.5 Å². The third kappa shape index (κ3) is 15.5. The summed E-state index contributed by atoms with van der Waals surface area (Å²) < 4.78 is 0. The Morgan fingerprint density at radius 3 is 1.11 bits per heavy atom. The number of amides is 2. The molecule has 0 bridgehead atoms. The van der Waals surface area contributed by atoms with Crippen molar-refractivity contribution in [3.63, 3.8) is 0 Å². The van der Waals surface area contributed by atoms with Gasteiger partial charge in [-0.25, -0.2) is 0 Å². The summed E-state index contributed by atoms with van der Waals surface area (Å²) >= 11 is 0. The first-order chi connectivity index (χ1) is 23.0. The van der Waals surface area contributed by atoms with Crippen molar-refractivity contribution in [1.29, 1.82) is 0 Å². The quantitative estimate of drug-likeness (QED) is 0.0633. The molecule has 2 rings (SSSR count). The maximum atomic E-state index is 13.0. The number of hydrogen-bond donors (Lipinski definition) is 4. The van der Waals surface area contributed by atoms with Gasteiger partial charge in [0.15, 0.2) is 0 Å². The molecule has 0 unspecified atom stereocenters. The molecule has 0 spiro atoms. The lowest BCUT2D eigenvalue weighted by Gasteiger charge is -2.32. The number of carbonyl (C=O) groups excluding carboxylic acids is 2. The Bertz CT molecular complexity index is 987. The van der Waals surface area contributed by atoms with Crippen molar-refractivity contribution in [3.05, 3.63) is 47.0 Å². The van der Waals surface area contributed by atoms with Crippen LogP contribution in [0, 0.1) is 0 Å². The highest BCUT2D eigenvalue weighted by Gasteiger charge is 2.36. The van der Waals surface area contributed by atoms with Gasteiger partial charge in [0, 0.05) is 24.5 Å². The fourth-order valence-corrected chi connectivity index (χ4v) is 7.09. The number of hydrogen-bond acceptors (Lipinski definition) is 2. The first kappa shape index (κ1) is 40.7. The zero-order valence-electron chi connectivity index (χ0n) is 31.0. The minimum absolute atomic E-state index is 0.0346. The summed E-state index contributed by atoms with van der Waals surface area (Å²) in [7, 11) is 0. The van der Waals surface area contributed by atoms with E-state index in [1.807, 2.05) is 12.1 Å². The second-order valence-corrected chi connectivity index (χ2v) is 14.0. The van der Waals surface area contributed by atoms with Gasteiger partial charge in [-0.2, -0.15) is 0 Å². The Morgan fingerprint density at radius 2 is 0.787 bits per heavy atom. The minimum atomic E-state index is -0.298. The van der Waals surface area contributed by atoms with Gasteiger partial charge in [0.2, 0.25) is 0 Å². The van der Waals surface area contributed by atoms with Gasteiger partial charge in [-0.15, -0.1) is 0 Å². The SMILES string of the molecule is CCCCCCCCCCCCNC(=O)c1ccc(C(CCC)(CCC)c2ccc(C(=O)NCCCCCCCCCCCC)[nH]2)[nH]1. The number of aromatic nitrogens is 2. The Labute approximate surface area is 288 Å². The predicted octanol–water partition coefficient (Wildman–Crippen LogP) is 11.5. The van der Waals surface area contributed by atoms with Gasteiger partial charge < -0.3 is 20.6 Å². The molecule has 0 aliphatic heterocycles. The maximum absolute atomic E-state index is 13.0. The zero-order valence-corrected chi connectivity index (χ0v) is 31.0. The summed E-state index contributed by atoms with van der Waals surface area (Å²) in [6, 6.07) is 8.00. The van der Waals surface area contributed by atoms with Crippen LogP contribution in [0.5, 0.6) is 0 Å². The lowest BCUT2D eigenvalue weighted by atomic mass is 9.74. The predicted molar refractivity (Wildman–Crippen MR) is 201 cm³/mol. The summed E-state index contributed by atoms with van der Waals surface area (Å²) in [5, 5.41) is 6.26. The first-order valence-corrected chi connectivity index (χ1v) is 20.0. The summed E-state index contributed by atoms with van der Waals surface area (Å²) in [5.41, 5.74) is 3.02. The molecule has 0 aromatic carbocycles. The van der Waals surface area contributed by atoms with Crippen molar-refractivity contribution in [3.8, 4) is 0 Å². The average Bonchev–Trinajstić information content (AvgIpc) is 3.78. The van der Waals surface area contributed by atoms with Crippen LogP contribution < -0.4 is 10.6 Å². The fourth-order valence-electron chi connectivity index (χ4n) is 7.09. The van der Waals surface area contributed by atoms with Crippen LogP contribution in [0.1, 0.15) is 214 Å². The number of unbranched alkanes of at least 4 members (excludes halogenated alkanes) is 18. The Morgan fingerprint density at radius 1 is 0.468 bits per heavy atom. The number of H-pyrrole nitrogens is 2. The second kappa shape index (κ2) is 25.5. The van der Waals surface area contributed by atoms with Gasteiger partial charge >= 0.3 is 0 Å². The molecule has 6 nitrogen and oxygen atoms in total. The van der Waals surface area contributed by atoms with Crippen LogP contribution in [-0.4, -0.2) is 34.9 Å². The Kier molecular flexibility index (Phi) is 22.1. The van der Waals surface area contributed by atoms with E-state index in [-0.39, 0.29) is 17.2 Å². The van der Waals surface area contributed by atoms with Crippen molar-refractivity contribution in [2.24, 2.45) is 0 Å². The number of nitrogens with one attached hydrogen (secondary N) is 4. The van der Waals surface area contributed by atoms with Gasteiger partial charge in [0.25, 0.3) is 11.8 Å². The van der Waals surface area contributed by atoms with Crippen molar-refractivity contribution >= 4 is 11.8 Å². The smallest absolute Gasteiger partial charge is 0.267 e. The van der Waals surface area contributed by atoms with Crippen LogP contribution in [0.15, 0.2) is 24.3 Å². The van der Waals surface area contributed by atoms with Crippen LogP contribution >= 0.6 is 0 Å². The molecule has 47 heavy (non-hydrogen) atoms. The molecule has 0 radical (unpaired) electrons. The molecule has 2 aromatic heterocycles. The molecular formula is C41H72N4O2. The highest BCUT2D eigenvalue weighted by Crippen LogP contribution is 2.40. The van der Waals surface area contributed by atoms with Gasteiger partial charge in [0.05, 0.1) is 5.41 Å². The van der Waals surface area contributed by atoms with Gasteiger partial charge in [-0.3, -0.25) is 9.59 Å². The molecule has 6 heteroatoms. The largest absolute Gasteiger partial charge is 0.354 e. The lowest BCUT2D eigenvalue weighted by molar-refractivity contribution is 0.0940. The van der Waals surface area contributed by atoms with Crippen molar-refractivity contribution in [2.45, 2.75) is 187 Å². The molecule has 2 amide bonds. The molecule has 4 N–H and O–H groups in total. The number of rotatable bonds is 30. The number of aromatic amines is 2. The van der Waals surface area contributed by atoms with Crippen LogP contribution in [0.3, 0.4) is 0 Å². The van der Waals surface area contributed by atoms with E-state index in [9.17, 15) is 9.59 Å². The maximum Gasteiger partial charge on any atom is 0.267 e. The van der Waals surface area contributed by atoms with E-state index >= 15 is 0 Å². The standard InChI is InChI=1S/C41H72N4O2/c1-5-9-11-13-15-17-19-21-23-25-33-42-39(46)35-27-29-37(44-35)41(31-7-3,32-8-4)38-30-28-36(45-38)40(47)43-34-26-24-22-20-18-16-14-12-10-6-2/h27-30,44-45H,5-26,31-34H2,1-4H3,(H,42,46)(H,43,47). The molecule has 0 aliphatic carbocycles. The molecule has 268 valence electrons. The summed E-state index contributed by atoms with van der Waals surface area (Å²) in [5.74, 6) is -0.0693. The Balaban J connectivity index is 1.83. The van der Waals surface area contributed by atoms with Gasteiger partial charge in [-0.05, 0) is 49.9 Å². The van der Waals surface area contributed by atoms with E-state index < -0.39 is 0 Å². The Hall–Kier alpha value is -2.50. The minimum Gasteiger partial charge on any atom is -0.354 e. The molecule has 2 heterocycles. The number of carbonyl (C=O) groups is 2. The van der Waals surface area contributed by atoms with Crippen molar-refractivity contribution < 1.29 is 9.59 Å². The van der Waals surface area contributed by atoms with Gasteiger partial charge in [-0.1, -0.05) is 156 Å². The zero-order chi connectivity index (χ0) is 34.0. The molecule has 2 aromatic rings. The fraction of sp³-hybridized carbons (Fsp3) is 0.756. The highest BCUT2D eigenvalue weighted by molar-refractivity contribution is 5.93. The van der Waals surface area contributed by atoms with Crippen molar-refractivity contribution in [2.75, 3.05) is 13.1 Å². The monoisotopic (exact) mass is 653 g/mol. The average molecular weight is 653 g/mol. The molecule has 0 aliphatic rings. The normalized spacial score (nSPS) is 11.7. The molecule has 0 atom stereocenters. The van der Waals surface area contributed by atoms with E-state index in [1.165, 1.54) is 116 Å². The second-order valence-electron chi connectivity index (χ2n) is 14.0. The van der Waals surface area contributed by atoms with Gasteiger partial charge in [0.1, 0.15) is 11.4 Å². The molecule has 0 fully saturated rings. The van der Waals surface area contributed by atoms with E-state index in [1.54, 1.807) is 0 Å². The molecule has 0 saturated heterocycles. The van der Waals surface area contributed by atoms with Crippen LogP contribution in [0.25, 0.3) is 0 Å².